The van der Waals surface area contributed by atoms with Crippen LogP contribution in [0.5, 0.6) is 5.75 Å². The summed E-state index contributed by atoms with van der Waals surface area (Å²) >= 11 is 1.53. The average Bonchev–Trinajstić information content (AvgIpc) is 3.05. The molecule has 0 spiro atoms. The summed E-state index contributed by atoms with van der Waals surface area (Å²) in [5.41, 5.74) is 1.51. The van der Waals surface area contributed by atoms with E-state index in [1.165, 1.54) is 11.3 Å². The molecule has 6 heteroatoms. The summed E-state index contributed by atoms with van der Waals surface area (Å²) < 4.78 is 6.32. The van der Waals surface area contributed by atoms with Crippen molar-refractivity contribution in [2.75, 3.05) is 39.2 Å². The molecular formula is C19H21N3O2S. The van der Waals surface area contributed by atoms with E-state index in [4.69, 9.17) is 4.74 Å². The third kappa shape index (κ3) is 3.97. The minimum atomic E-state index is -0.0696. The summed E-state index contributed by atoms with van der Waals surface area (Å²) in [4.78, 5) is 21.6. The van der Waals surface area contributed by atoms with Crippen LogP contribution in [0.4, 0.5) is 5.13 Å². The van der Waals surface area contributed by atoms with Crippen LogP contribution in [0.3, 0.4) is 0 Å². The molecule has 0 N–H and O–H groups in total. The Morgan fingerprint density at radius 3 is 2.64 bits per heavy atom. The normalized spacial score (nSPS) is 11.0. The molecule has 0 saturated heterocycles. The number of methoxy groups -OCH3 is 1. The predicted octanol–water partition coefficient (Wildman–Crippen LogP) is 3.51. The molecule has 0 bridgehead atoms. The zero-order valence-electron chi connectivity index (χ0n) is 14.6. The van der Waals surface area contributed by atoms with E-state index in [-0.39, 0.29) is 5.91 Å². The van der Waals surface area contributed by atoms with E-state index in [1.54, 1.807) is 24.1 Å². The van der Waals surface area contributed by atoms with Crippen molar-refractivity contribution in [2.45, 2.75) is 0 Å². The van der Waals surface area contributed by atoms with Gasteiger partial charge < -0.3 is 9.64 Å². The van der Waals surface area contributed by atoms with Gasteiger partial charge >= 0.3 is 0 Å². The Morgan fingerprint density at radius 2 is 1.92 bits per heavy atom. The van der Waals surface area contributed by atoms with Gasteiger partial charge in [0.05, 0.1) is 17.3 Å². The number of thiazole rings is 1. The minimum Gasteiger partial charge on any atom is -0.497 e. The minimum absolute atomic E-state index is 0.0696. The van der Waals surface area contributed by atoms with Gasteiger partial charge in [-0.1, -0.05) is 29.5 Å². The first-order valence-electron chi connectivity index (χ1n) is 8.04. The summed E-state index contributed by atoms with van der Waals surface area (Å²) in [6.45, 7) is 1.33. The highest BCUT2D eigenvalue weighted by molar-refractivity contribution is 7.22. The molecule has 1 amide bonds. The Hall–Kier alpha value is -2.44. The van der Waals surface area contributed by atoms with Gasteiger partial charge in [0.1, 0.15) is 5.75 Å². The van der Waals surface area contributed by atoms with E-state index in [9.17, 15) is 4.79 Å². The lowest BCUT2D eigenvalue weighted by Crippen LogP contribution is -2.36. The maximum Gasteiger partial charge on any atom is 0.260 e. The van der Waals surface area contributed by atoms with Crippen LogP contribution in [0.15, 0.2) is 48.5 Å². The van der Waals surface area contributed by atoms with Gasteiger partial charge in [0.25, 0.3) is 5.91 Å². The number of carbonyl (C=O) groups is 1. The summed E-state index contributed by atoms with van der Waals surface area (Å²) in [6, 6.07) is 15.2. The van der Waals surface area contributed by atoms with Gasteiger partial charge in [0.2, 0.25) is 0 Å². The fourth-order valence-corrected chi connectivity index (χ4v) is 3.46. The van der Waals surface area contributed by atoms with Crippen LogP contribution >= 0.6 is 11.3 Å². The van der Waals surface area contributed by atoms with Crippen LogP contribution in [-0.4, -0.2) is 50.1 Å². The monoisotopic (exact) mass is 355 g/mol. The van der Waals surface area contributed by atoms with Gasteiger partial charge in [-0.05, 0) is 44.4 Å². The lowest BCUT2D eigenvalue weighted by atomic mass is 10.2. The van der Waals surface area contributed by atoms with Crippen LogP contribution in [0.1, 0.15) is 10.4 Å². The maximum atomic E-state index is 13.1. The number of fused-ring (bicyclic) bond motifs is 1. The lowest BCUT2D eigenvalue weighted by molar-refractivity contribution is 0.0985. The first-order valence-corrected chi connectivity index (χ1v) is 8.86. The van der Waals surface area contributed by atoms with Crippen molar-refractivity contribution in [3.05, 3.63) is 54.1 Å². The second-order valence-electron chi connectivity index (χ2n) is 5.96. The number of hydrogen-bond donors (Lipinski definition) is 0. The number of aromatic nitrogens is 1. The van der Waals surface area contributed by atoms with Gasteiger partial charge in [-0.15, -0.1) is 0 Å². The summed E-state index contributed by atoms with van der Waals surface area (Å²) in [7, 11) is 5.58. The molecule has 130 valence electrons. The molecule has 0 aliphatic heterocycles. The Kier molecular flexibility index (Phi) is 5.31. The Labute approximate surface area is 151 Å². The number of nitrogens with zero attached hydrogens (tertiary/aromatic N) is 3. The van der Waals surface area contributed by atoms with E-state index in [0.717, 1.165) is 21.9 Å². The second-order valence-corrected chi connectivity index (χ2v) is 6.97. The highest BCUT2D eigenvalue weighted by atomic mass is 32.1. The van der Waals surface area contributed by atoms with Crippen LogP contribution in [-0.2, 0) is 0 Å². The fourth-order valence-electron chi connectivity index (χ4n) is 2.47. The average molecular weight is 355 g/mol. The molecule has 3 aromatic rings. The molecule has 0 atom stereocenters. The van der Waals surface area contributed by atoms with Gasteiger partial charge in [-0.25, -0.2) is 4.98 Å². The number of para-hydroxylation sites is 1. The number of hydrogen-bond acceptors (Lipinski definition) is 5. The molecule has 0 aliphatic rings. The summed E-state index contributed by atoms with van der Waals surface area (Å²) in [5, 5.41) is 0.718. The number of amides is 1. The molecular weight excluding hydrogens is 334 g/mol. The zero-order chi connectivity index (χ0) is 17.8. The molecule has 2 aromatic carbocycles. The molecule has 25 heavy (non-hydrogen) atoms. The fraction of sp³-hybridized carbons (Fsp3) is 0.263. The topological polar surface area (TPSA) is 45.7 Å². The highest BCUT2D eigenvalue weighted by Gasteiger charge is 2.21. The van der Waals surface area contributed by atoms with Crippen molar-refractivity contribution >= 4 is 32.6 Å². The van der Waals surface area contributed by atoms with Crippen LogP contribution in [0.25, 0.3) is 10.2 Å². The standard InChI is InChI=1S/C19H21N3O2S/c1-21(2)11-12-22(18(23)14-7-6-8-15(13-14)24-3)19-20-16-9-4-5-10-17(16)25-19/h4-10,13H,11-12H2,1-3H3. The highest BCUT2D eigenvalue weighted by Crippen LogP contribution is 2.29. The third-order valence-corrected chi connectivity index (χ3v) is 4.91. The first-order chi connectivity index (χ1) is 12.1. The van der Waals surface area contributed by atoms with Gasteiger partial charge in [0.15, 0.2) is 5.13 Å². The second kappa shape index (κ2) is 7.63. The van der Waals surface area contributed by atoms with Gasteiger partial charge in [-0.3, -0.25) is 9.69 Å². The van der Waals surface area contributed by atoms with E-state index < -0.39 is 0 Å². The molecule has 3 rings (SSSR count). The lowest BCUT2D eigenvalue weighted by Gasteiger charge is -2.22. The predicted molar refractivity (Wildman–Crippen MR) is 103 cm³/mol. The molecule has 0 saturated carbocycles. The largest absolute Gasteiger partial charge is 0.497 e. The molecule has 5 nitrogen and oxygen atoms in total. The summed E-state index contributed by atoms with van der Waals surface area (Å²) in [6.07, 6.45) is 0. The quantitative estimate of drug-likeness (QED) is 0.679. The van der Waals surface area contributed by atoms with E-state index in [0.29, 0.717) is 17.9 Å². The van der Waals surface area contributed by atoms with Gasteiger partial charge in [-0.2, -0.15) is 0 Å². The van der Waals surface area contributed by atoms with Crippen molar-refractivity contribution < 1.29 is 9.53 Å². The zero-order valence-corrected chi connectivity index (χ0v) is 15.4. The Balaban J connectivity index is 1.96. The van der Waals surface area contributed by atoms with Crippen molar-refractivity contribution in [2.24, 2.45) is 0 Å². The van der Waals surface area contributed by atoms with E-state index in [2.05, 4.69) is 9.88 Å². The smallest absolute Gasteiger partial charge is 0.260 e. The van der Waals surface area contributed by atoms with E-state index in [1.807, 2.05) is 50.5 Å². The number of likely N-dealkylation sites (N-methyl/N-ethyl adjacent to an activating group) is 1. The number of benzene rings is 2. The van der Waals surface area contributed by atoms with Crippen LogP contribution in [0, 0.1) is 0 Å². The third-order valence-electron chi connectivity index (χ3n) is 3.85. The Morgan fingerprint density at radius 1 is 1.12 bits per heavy atom. The first kappa shape index (κ1) is 17.4. The Bertz CT molecular complexity index is 843. The van der Waals surface area contributed by atoms with Crippen molar-refractivity contribution in [3.63, 3.8) is 0 Å². The molecule has 0 aliphatic carbocycles. The maximum absolute atomic E-state index is 13.1. The van der Waals surface area contributed by atoms with Gasteiger partial charge in [0, 0.05) is 18.7 Å². The van der Waals surface area contributed by atoms with Crippen molar-refractivity contribution in [1.29, 1.82) is 0 Å². The number of anilines is 1. The van der Waals surface area contributed by atoms with Crippen molar-refractivity contribution in [3.8, 4) is 5.75 Å². The molecule has 0 fully saturated rings. The molecule has 1 heterocycles. The molecule has 1 aromatic heterocycles. The SMILES string of the molecule is COc1cccc(C(=O)N(CCN(C)C)c2nc3ccccc3s2)c1. The van der Waals surface area contributed by atoms with Crippen LogP contribution in [0.2, 0.25) is 0 Å². The van der Waals surface area contributed by atoms with E-state index >= 15 is 0 Å². The van der Waals surface area contributed by atoms with Crippen LogP contribution < -0.4 is 9.64 Å². The summed E-state index contributed by atoms with van der Waals surface area (Å²) in [5.74, 6) is 0.600. The van der Waals surface area contributed by atoms with Crippen molar-refractivity contribution in [1.82, 2.24) is 9.88 Å². The molecule has 0 unspecified atom stereocenters. The molecule has 0 radical (unpaired) electrons. The number of ether oxygens (including phenoxy) is 1. The number of carbonyl (C=O) groups excluding carboxylic acids is 1. The number of rotatable bonds is 6.